The number of rotatable bonds is 6. The maximum atomic E-state index is 14.4. The van der Waals surface area contributed by atoms with Crippen LogP contribution in [0.3, 0.4) is 0 Å². The first-order chi connectivity index (χ1) is 21.5. The van der Waals surface area contributed by atoms with E-state index in [0.29, 0.717) is 11.4 Å². The van der Waals surface area contributed by atoms with Crippen LogP contribution in [0.5, 0.6) is 11.5 Å². The Balaban J connectivity index is 1.20. The highest BCUT2D eigenvalue weighted by Gasteiger charge is 2.73. The van der Waals surface area contributed by atoms with Crippen LogP contribution in [0.4, 0.5) is 5.69 Å². The smallest absolute Gasteiger partial charge is 0.247 e. The van der Waals surface area contributed by atoms with E-state index >= 15 is 0 Å². The van der Waals surface area contributed by atoms with Crippen LogP contribution in [0.2, 0.25) is 0 Å². The molecule has 3 amide bonds. The van der Waals surface area contributed by atoms with Crippen molar-refractivity contribution in [3.8, 4) is 11.5 Å². The zero-order chi connectivity index (χ0) is 31.8. The van der Waals surface area contributed by atoms with Gasteiger partial charge in [0.25, 0.3) is 0 Å². The number of nitrogens with one attached hydrogen (secondary N) is 1. The Morgan fingerprint density at radius 1 is 0.733 bits per heavy atom. The SMILES string of the molecule is Cc1ccc(Oc2ccc(NC(=O)[C@H](C(C)C)N3C(=O)[C@@H]4[C@H](C3=O)C3(Cl)c5ccccc5C4(Cl)c4ccccc43)cc2)cc1C. The number of benzene rings is 4. The Bertz CT molecular complexity index is 1760. The summed E-state index contributed by atoms with van der Waals surface area (Å²) in [4.78, 5) is 41.3. The van der Waals surface area contributed by atoms with E-state index in [-0.39, 0.29) is 5.92 Å². The molecule has 3 atom stereocenters. The van der Waals surface area contributed by atoms with Gasteiger partial charge in [-0.3, -0.25) is 19.3 Å². The molecule has 2 bridgehead atoms. The predicted octanol–water partition coefficient (Wildman–Crippen LogP) is 7.65. The van der Waals surface area contributed by atoms with Crippen molar-refractivity contribution in [2.45, 2.75) is 43.5 Å². The number of nitrogens with zero attached hydrogens (tertiary/aromatic N) is 1. The molecule has 228 valence electrons. The lowest BCUT2D eigenvalue weighted by atomic mass is 9.54. The minimum atomic E-state index is -1.31. The van der Waals surface area contributed by atoms with Crippen LogP contribution in [0, 0.1) is 31.6 Å². The third-order valence-electron chi connectivity index (χ3n) is 9.63. The third kappa shape index (κ3) is 4.19. The van der Waals surface area contributed by atoms with Gasteiger partial charge in [0.15, 0.2) is 0 Å². The third-order valence-corrected chi connectivity index (χ3v) is 10.9. The molecule has 4 aliphatic rings. The van der Waals surface area contributed by atoms with Crippen LogP contribution in [0.25, 0.3) is 0 Å². The number of halogens is 2. The second-order valence-electron chi connectivity index (χ2n) is 12.6. The second kappa shape index (κ2) is 10.5. The Labute approximate surface area is 272 Å². The molecule has 1 heterocycles. The fourth-order valence-corrected chi connectivity index (χ4v) is 8.51. The number of amides is 3. The highest BCUT2D eigenvalue weighted by atomic mass is 35.5. The number of carbonyl (C=O) groups excluding carboxylic acids is 3. The summed E-state index contributed by atoms with van der Waals surface area (Å²) in [5, 5.41) is 2.92. The van der Waals surface area contributed by atoms with Crippen molar-refractivity contribution in [3.63, 3.8) is 0 Å². The van der Waals surface area contributed by atoms with Crippen LogP contribution < -0.4 is 10.1 Å². The molecule has 1 saturated heterocycles. The summed E-state index contributed by atoms with van der Waals surface area (Å²) in [5.41, 5.74) is 5.70. The first-order valence-electron chi connectivity index (χ1n) is 15.1. The lowest BCUT2D eigenvalue weighted by Crippen LogP contribution is -2.57. The molecule has 4 aromatic carbocycles. The Morgan fingerprint density at radius 3 is 1.64 bits per heavy atom. The molecule has 4 aromatic rings. The summed E-state index contributed by atoms with van der Waals surface area (Å²) >= 11 is 15.1. The van der Waals surface area contributed by atoms with E-state index in [9.17, 15) is 14.4 Å². The van der Waals surface area contributed by atoms with Crippen LogP contribution in [0.1, 0.15) is 47.2 Å². The zero-order valence-electron chi connectivity index (χ0n) is 25.3. The Hall–Kier alpha value is -4.13. The zero-order valence-corrected chi connectivity index (χ0v) is 26.8. The van der Waals surface area contributed by atoms with Crippen molar-refractivity contribution in [1.29, 1.82) is 0 Å². The molecule has 45 heavy (non-hydrogen) atoms. The molecular weight excluding hydrogens is 607 g/mol. The van der Waals surface area contributed by atoms with Gasteiger partial charge in [0.2, 0.25) is 17.7 Å². The summed E-state index contributed by atoms with van der Waals surface area (Å²) in [6.45, 7) is 7.71. The number of carbonyl (C=O) groups is 3. The van der Waals surface area contributed by atoms with Gasteiger partial charge in [-0.25, -0.2) is 0 Å². The molecular formula is C37H32Cl2N2O4. The highest BCUT2D eigenvalue weighted by Crippen LogP contribution is 2.69. The summed E-state index contributed by atoms with van der Waals surface area (Å²) in [7, 11) is 0. The topological polar surface area (TPSA) is 75.7 Å². The number of imide groups is 1. The minimum Gasteiger partial charge on any atom is -0.457 e. The predicted molar refractivity (Wildman–Crippen MR) is 175 cm³/mol. The summed E-state index contributed by atoms with van der Waals surface area (Å²) in [6, 6.07) is 26.8. The van der Waals surface area contributed by atoms with Gasteiger partial charge in [0.1, 0.15) is 27.3 Å². The van der Waals surface area contributed by atoms with Gasteiger partial charge in [0.05, 0.1) is 11.8 Å². The quantitative estimate of drug-likeness (QED) is 0.174. The minimum absolute atomic E-state index is 0.384. The number of alkyl halides is 2. The van der Waals surface area contributed by atoms with Crippen molar-refractivity contribution in [2.75, 3.05) is 5.32 Å². The van der Waals surface area contributed by atoms with Gasteiger partial charge in [-0.05, 0) is 89.5 Å². The second-order valence-corrected chi connectivity index (χ2v) is 13.8. The number of anilines is 1. The van der Waals surface area contributed by atoms with Crippen molar-refractivity contribution >= 4 is 46.6 Å². The Morgan fingerprint density at radius 2 is 1.20 bits per heavy atom. The van der Waals surface area contributed by atoms with Crippen molar-refractivity contribution in [3.05, 3.63) is 124 Å². The number of likely N-dealkylation sites (tertiary alicyclic amines) is 1. The van der Waals surface area contributed by atoms with Gasteiger partial charge in [-0.15, -0.1) is 23.2 Å². The Kier molecular flexibility index (Phi) is 6.88. The van der Waals surface area contributed by atoms with Gasteiger partial charge in [-0.1, -0.05) is 68.4 Å². The van der Waals surface area contributed by atoms with E-state index in [4.69, 9.17) is 27.9 Å². The molecule has 0 saturated carbocycles. The summed E-state index contributed by atoms with van der Waals surface area (Å²) in [6.07, 6.45) is 0. The van der Waals surface area contributed by atoms with Gasteiger partial charge < -0.3 is 10.1 Å². The van der Waals surface area contributed by atoms with Crippen molar-refractivity contribution in [1.82, 2.24) is 4.90 Å². The molecule has 8 rings (SSSR count). The fraction of sp³-hybridized carbons (Fsp3) is 0.270. The molecule has 8 heteroatoms. The standard InChI is InChI=1S/C37H32Cl2N2O4/c1-20(2)32(33(42)40-23-14-17-24(18-15-23)45-25-16-13-21(3)22(4)19-25)41-34(43)30-31(35(41)44)37(39)27-10-6-5-9-26(27)36(30,38)28-11-7-8-12-29(28)37/h5-20,30-32H,1-4H3,(H,40,42)/t30-,31+,32-,36?,37?/m0/s1. The molecule has 1 aliphatic heterocycles. The number of hydrogen-bond donors (Lipinski definition) is 1. The maximum absolute atomic E-state index is 14.4. The molecule has 0 spiro atoms. The number of hydrogen-bond acceptors (Lipinski definition) is 4. The molecule has 0 radical (unpaired) electrons. The van der Waals surface area contributed by atoms with E-state index in [1.54, 1.807) is 24.3 Å². The van der Waals surface area contributed by atoms with Crippen molar-refractivity contribution < 1.29 is 19.1 Å². The van der Waals surface area contributed by atoms with E-state index in [1.165, 1.54) is 5.56 Å². The molecule has 0 aromatic heterocycles. The van der Waals surface area contributed by atoms with E-state index in [1.807, 2.05) is 94.4 Å². The normalized spacial score (nSPS) is 25.1. The average molecular weight is 640 g/mol. The van der Waals surface area contributed by atoms with Gasteiger partial charge in [-0.2, -0.15) is 0 Å². The monoisotopic (exact) mass is 638 g/mol. The van der Waals surface area contributed by atoms with E-state index in [2.05, 4.69) is 5.32 Å². The lowest BCUT2D eigenvalue weighted by Gasteiger charge is -2.54. The van der Waals surface area contributed by atoms with E-state index < -0.39 is 45.3 Å². The first-order valence-corrected chi connectivity index (χ1v) is 15.8. The molecule has 6 nitrogen and oxygen atoms in total. The summed E-state index contributed by atoms with van der Waals surface area (Å²) in [5.74, 6) is -2.43. The van der Waals surface area contributed by atoms with Crippen LogP contribution >= 0.6 is 23.2 Å². The van der Waals surface area contributed by atoms with Crippen LogP contribution in [-0.4, -0.2) is 28.7 Å². The van der Waals surface area contributed by atoms with E-state index in [0.717, 1.165) is 38.5 Å². The molecule has 0 unspecified atom stereocenters. The van der Waals surface area contributed by atoms with Gasteiger partial charge in [0, 0.05) is 5.69 Å². The molecule has 1 fully saturated rings. The first kappa shape index (κ1) is 29.6. The van der Waals surface area contributed by atoms with Crippen LogP contribution in [0.15, 0.2) is 91.0 Å². The van der Waals surface area contributed by atoms with Crippen LogP contribution in [-0.2, 0) is 24.1 Å². The average Bonchev–Trinajstić information content (AvgIpc) is 3.29. The molecule has 1 N–H and O–H groups in total. The fourth-order valence-electron chi connectivity index (χ4n) is 7.42. The number of ether oxygens (including phenoxy) is 1. The summed E-state index contributed by atoms with van der Waals surface area (Å²) < 4.78 is 5.99. The molecule has 3 aliphatic carbocycles. The lowest BCUT2D eigenvalue weighted by molar-refractivity contribution is -0.148. The number of aryl methyl sites for hydroxylation is 2. The van der Waals surface area contributed by atoms with Gasteiger partial charge >= 0.3 is 0 Å². The highest BCUT2D eigenvalue weighted by molar-refractivity contribution is 6.36. The largest absolute Gasteiger partial charge is 0.457 e. The van der Waals surface area contributed by atoms with Crippen molar-refractivity contribution in [2.24, 2.45) is 17.8 Å². The maximum Gasteiger partial charge on any atom is 0.247 e.